The molecule has 104 valence electrons. The summed E-state index contributed by atoms with van der Waals surface area (Å²) in [5.74, 6) is 0. The molecule has 0 spiro atoms. The second-order valence-electron chi connectivity index (χ2n) is 4.57. The molecule has 0 amide bonds. The van der Waals surface area contributed by atoms with Crippen LogP contribution in [0.3, 0.4) is 0 Å². The summed E-state index contributed by atoms with van der Waals surface area (Å²) in [4.78, 5) is 12.2. The summed E-state index contributed by atoms with van der Waals surface area (Å²) < 4.78 is 0. The molecule has 0 radical (unpaired) electrons. The third kappa shape index (κ3) is 3.18. The zero-order valence-electron chi connectivity index (χ0n) is 11.3. The van der Waals surface area contributed by atoms with E-state index in [-0.39, 0.29) is 12.3 Å². The zero-order chi connectivity index (χ0) is 14.7. The van der Waals surface area contributed by atoms with Crippen molar-refractivity contribution in [2.24, 2.45) is 0 Å². The quantitative estimate of drug-likeness (QED) is 0.686. The van der Waals surface area contributed by atoms with Crippen molar-refractivity contribution in [1.82, 2.24) is 0 Å². The standard InChI is InChI=1S/C15H15NO3S/c1-10-3-5-13(7-11(10)2)20-15-6-4-12(9-17)8-14(15)16(18)19/h3-8,17H,9H2,1-2H3. The van der Waals surface area contributed by atoms with Crippen LogP contribution in [0.15, 0.2) is 46.2 Å². The highest BCUT2D eigenvalue weighted by Crippen LogP contribution is 2.36. The van der Waals surface area contributed by atoms with Crippen LogP contribution in [-0.2, 0) is 6.61 Å². The van der Waals surface area contributed by atoms with Crippen LogP contribution in [-0.4, -0.2) is 10.0 Å². The maximum atomic E-state index is 11.1. The zero-order valence-corrected chi connectivity index (χ0v) is 12.1. The number of nitro benzene ring substituents is 1. The smallest absolute Gasteiger partial charge is 0.283 e. The normalized spacial score (nSPS) is 10.6. The van der Waals surface area contributed by atoms with Crippen LogP contribution < -0.4 is 0 Å². The van der Waals surface area contributed by atoms with Crippen molar-refractivity contribution in [3.05, 3.63) is 63.2 Å². The van der Waals surface area contributed by atoms with Crippen molar-refractivity contribution >= 4 is 17.4 Å². The van der Waals surface area contributed by atoms with Gasteiger partial charge in [-0.3, -0.25) is 10.1 Å². The summed E-state index contributed by atoms with van der Waals surface area (Å²) in [5.41, 5.74) is 2.92. The molecule has 2 rings (SSSR count). The van der Waals surface area contributed by atoms with Gasteiger partial charge in [0.15, 0.2) is 0 Å². The molecule has 0 aromatic heterocycles. The molecule has 0 heterocycles. The maximum absolute atomic E-state index is 11.1. The molecule has 1 N–H and O–H groups in total. The van der Waals surface area contributed by atoms with E-state index in [0.29, 0.717) is 10.5 Å². The van der Waals surface area contributed by atoms with Crippen LogP contribution in [0.4, 0.5) is 5.69 Å². The monoisotopic (exact) mass is 289 g/mol. The van der Waals surface area contributed by atoms with Crippen molar-refractivity contribution < 1.29 is 10.0 Å². The number of nitrogens with zero attached hydrogens (tertiary/aromatic N) is 1. The summed E-state index contributed by atoms with van der Waals surface area (Å²) in [6.07, 6.45) is 0. The van der Waals surface area contributed by atoms with Gasteiger partial charge in [-0.1, -0.05) is 23.9 Å². The van der Waals surface area contributed by atoms with Crippen LogP contribution in [0.5, 0.6) is 0 Å². The van der Waals surface area contributed by atoms with Crippen molar-refractivity contribution in [2.45, 2.75) is 30.2 Å². The van der Waals surface area contributed by atoms with Crippen molar-refractivity contribution in [2.75, 3.05) is 0 Å². The average Bonchev–Trinajstić information content (AvgIpc) is 2.43. The highest BCUT2D eigenvalue weighted by Gasteiger charge is 2.15. The van der Waals surface area contributed by atoms with Crippen LogP contribution in [0.2, 0.25) is 0 Å². The molecular weight excluding hydrogens is 274 g/mol. The predicted octanol–water partition coefficient (Wildman–Crippen LogP) is 3.86. The third-order valence-electron chi connectivity index (χ3n) is 3.11. The van der Waals surface area contributed by atoms with Gasteiger partial charge in [-0.25, -0.2) is 0 Å². The van der Waals surface area contributed by atoms with Gasteiger partial charge in [-0.2, -0.15) is 0 Å². The van der Waals surface area contributed by atoms with Gasteiger partial charge < -0.3 is 5.11 Å². The lowest BCUT2D eigenvalue weighted by Crippen LogP contribution is -1.93. The van der Waals surface area contributed by atoms with Crippen molar-refractivity contribution in [3.63, 3.8) is 0 Å². The molecule has 0 saturated carbocycles. The van der Waals surface area contributed by atoms with Gasteiger partial charge in [0.05, 0.1) is 16.4 Å². The Balaban J connectivity index is 2.37. The predicted molar refractivity (Wildman–Crippen MR) is 79.1 cm³/mol. The largest absolute Gasteiger partial charge is 0.392 e. The van der Waals surface area contributed by atoms with Gasteiger partial charge in [0.2, 0.25) is 0 Å². The molecule has 2 aromatic rings. The summed E-state index contributed by atoms with van der Waals surface area (Å²) >= 11 is 1.36. The first kappa shape index (κ1) is 14.6. The number of benzene rings is 2. The maximum Gasteiger partial charge on any atom is 0.283 e. The molecular formula is C15H15NO3S. The first-order valence-electron chi connectivity index (χ1n) is 6.14. The van der Waals surface area contributed by atoms with Gasteiger partial charge in [0.1, 0.15) is 0 Å². The molecule has 0 bridgehead atoms. The van der Waals surface area contributed by atoms with Gasteiger partial charge in [0.25, 0.3) is 5.69 Å². The Morgan fingerprint density at radius 3 is 2.50 bits per heavy atom. The topological polar surface area (TPSA) is 63.4 Å². The fourth-order valence-electron chi connectivity index (χ4n) is 1.79. The van der Waals surface area contributed by atoms with Crippen LogP contribution >= 0.6 is 11.8 Å². The second-order valence-corrected chi connectivity index (χ2v) is 5.68. The number of hydrogen-bond acceptors (Lipinski definition) is 4. The molecule has 0 atom stereocenters. The average molecular weight is 289 g/mol. The first-order chi connectivity index (χ1) is 9.51. The first-order valence-corrected chi connectivity index (χ1v) is 6.96. The minimum Gasteiger partial charge on any atom is -0.392 e. The molecule has 5 heteroatoms. The van der Waals surface area contributed by atoms with E-state index in [0.717, 1.165) is 10.5 Å². The number of nitro groups is 1. The number of aliphatic hydroxyl groups excluding tert-OH is 1. The molecule has 0 saturated heterocycles. The molecule has 0 unspecified atom stereocenters. The highest BCUT2D eigenvalue weighted by molar-refractivity contribution is 7.99. The Bertz CT molecular complexity index is 656. The fraction of sp³-hybridized carbons (Fsp3) is 0.200. The van der Waals surface area contributed by atoms with E-state index in [1.807, 2.05) is 32.0 Å². The van der Waals surface area contributed by atoms with E-state index in [2.05, 4.69) is 0 Å². The number of hydrogen-bond donors (Lipinski definition) is 1. The van der Waals surface area contributed by atoms with E-state index in [9.17, 15) is 10.1 Å². The van der Waals surface area contributed by atoms with Crippen molar-refractivity contribution in [1.29, 1.82) is 0 Å². The van der Waals surface area contributed by atoms with E-state index in [1.165, 1.54) is 23.4 Å². The van der Waals surface area contributed by atoms with E-state index in [4.69, 9.17) is 5.11 Å². The Morgan fingerprint density at radius 2 is 1.90 bits per heavy atom. The number of aryl methyl sites for hydroxylation is 2. The lowest BCUT2D eigenvalue weighted by Gasteiger charge is -2.07. The molecule has 20 heavy (non-hydrogen) atoms. The van der Waals surface area contributed by atoms with E-state index >= 15 is 0 Å². The van der Waals surface area contributed by atoms with Crippen molar-refractivity contribution in [3.8, 4) is 0 Å². The Kier molecular flexibility index (Phi) is 4.42. The minimum absolute atomic E-state index is 0.0276. The van der Waals surface area contributed by atoms with Crippen LogP contribution in [0, 0.1) is 24.0 Å². The molecule has 0 aliphatic heterocycles. The Morgan fingerprint density at radius 1 is 1.15 bits per heavy atom. The van der Waals surface area contributed by atoms with Gasteiger partial charge in [-0.05, 0) is 48.7 Å². The summed E-state index contributed by atoms with van der Waals surface area (Å²) in [6.45, 7) is 3.85. The van der Waals surface area contributed by atoms with Crippen LogP contribution in [0.1, 0.15) is 16.7 Å². The second kappa shape index (κ2) is 6.07. The third-order valence-corrected chi connectivity index (χ3v) is 4.16. The lowest BCUT2D eigenvalue weighted by atomic mass is 10.1. The van der Waals surface area contributed by atoms with Gasteiger partial charge in [-0.15, -0.1) is 0 Å². The lowest BCUT2D eigenvalue weighted by molar-refractivity contribution is -0.387. The summed E-state index contributed by atoms with van der Waals surface area (Å²) in [5, 5.41) is 20.2. The molecule has 2 aromatic carbocycles. The van der Waals surface area contributed by atoms with E-state index in [1.54, 1.807) is 12.1 Å². The van der Waals surface area contributed by atoms with Crippen LogP contribution in [0.25, 0.3) is 0 Å². The summed E-state index contributed by atoms with van der Waals surface area (Å²) in [7, 11) is 0. The number of aliphatic hydroxyl groups is 1. The van der Waals surface area contributed by atoms with Gasteiger partial charge in [0, 0.05) is 11.0 Å². The summed E-state index contributed by atoms with van der Waals surface area (Å²) in [6, 6.07) is 10.8. The molecule has 4 nitrogen and oxygen atoms in total. The van der Waals surface area contributed by atoms with Gasteiger partial charge >= 0.3 is 0 Å². The molecule has 0 aliphatic carbocycles. The highest BCUT2D eigenvalue weighted by atomic mass is 32.2. The minimum atomic E-state index is -0.414. The fourth-order valence-corrected chi connectivity index (χ4v) is 2.79. The van der Waals surface area contributed by atoms with E-state index < -0.39 is 4.92 Å². The molecule has 0 aliphatic rings. The molecule has 0 fully saturated rings. The Labute approximate surface area is 121 Å². The Hall–Kier alpha value is -1.85. The number of rotatable bonds is 4. The SMILES string of the molecule is Cc1ccc(Sc2ccc(CO)cc2[N+](=O)[O-])cc1C.